The van der Waals surface area contributed by atoms with Crippen molar-refractivity contribution in [2.24, 2.45) is 0 Å². The number of benzene rings is 3. The van der Waals surface area contributed by atoms with Crippen molar-refractivity contribution < 1.29 is 27.4 Å². The Balaban J connectivity index is 2.03. The third kappa shape index (κ3) is 5.98. The third-order valence-electron chi connectivity index (χ3n) is 5.08. The predicted molar refractivity (Wildman–Crippen MR) is 137 cm³/mol. The summed E-state index contributed by atoms with van der Waals surface area (Å²) in [6.07, 6.45) is 0. The van der Waals surface area contributed by atoms with Gasteiger partial charge in [-0.25, -0.2) is 8.42 Å². The molecule has 8 nitrogen and oxygen atoms in total. The summed E-state index contributed by atoms with van der Waals surface area (Å²) in [5, 5.41) is 3.00. The molecule has 0 atom stereocenters. The van der Waals surface area contributed by atoms with Crippen LogP contribution in [0.5, 0.6) is 17.2 Å². The van der Waals surface area contributed by atoms with E-state index in [1.165, 1.54) is 38.5 Å². The van der Waals surface area contributed by atoms with Crippen LogP contribution in [-0.2, 0) is 14.8 Å². The van der Waals surface area contributed by atoms with E-state index in [-0.39, 0.29) is 16.3 Å². The van der Waals surface area contributed by atoms with E-state index in [2.05, 4.69) is 5.32 Å². The number of para-hydroxylation sites is 2. The number of nitrogens with one attached hydrogen (secondary N) is 1. The lowest BCUT2D eigenvalue weighted by Crippen LogP contribution is -2.38. The molecule has 0 saturated heterocycles. The van der Waals surface area contributed by atoms with Gasteiger partial charge in [0.05, 0.1) is 42.1 Å². The van der Waals surface area contributed by atoms with E-state index < -0.39 is 22.5 Å². The first-order valence-corrected chi connectivity index (χ1v) is 12.6. The van der Waals surface area contributed by atoms with Gasteiger partial charge in [-0.3, -0.25) is 9.10 Å². The SMILES string of the molecule is CCOc1ccccc1N(CC(=O)Nc1cc(OC)c(Cl)cc1OC)S(=O)(=O)c1ccc(C)cc1. The Morgan fingerprint density at radius 1 is 0.971 bits per heavy atom. The van der Waals surface area contributed by atoms with Gasteiger partial charge in [0.1, 0.15) is 23.8 Å². The van der Waals surface area contributed by atoms with Crippen LogP contribution in [0.1, 0.15) is 12.5 Å². The third-order valence-corrected chi connectivity index (χ3v) is 7.15. The minimum Gasteiger partial charge on any atom is -0.495 e. The predicted octanol–water partition coefficient (Wildman–Crippen LogP) is 4.90. The van der Waals surface area contributed by atoms with Crippen molar-refractivity contribution >= 4 is 38.9 Å². The van der Waals surface area contributed by atoms with E-state index in [0.29, 0.717) is 28.9 Å². The maximum Gasteiger partial charge on any atom is 0.264 e. The van der Waals surface area contributed by atoms with Gasteiger partial charge in [0.25, 0.3) is 10.0 Å². The molecule has 0 fully saturated rings. The van der Waals surface area contributed by atoms with Crippen LogP contribution in [0.3, 0.4) is 0 Å². The van der Waals surface area contributed by atoms with Gasteiger partial charge in [-0.15, -0.1) is 0 Å². The number of carbonyl (C=O) groups excluding carboxylic acids is 1. The first-order chi connectivity index (χ1) is 16.7. The zero-order valence-corrected chi connectivity index (χ0v) is 21.4. The summed E-state index contributed by atoms with van der Waals surface area (Å²) in [6, 6.07) is 16.1. The van der Waals surface area contributed by atoms with Crippen molar-refractivity contribution in [1.29, 1.82) is 0 Å². The average molecular weight is 519 g/mol. The Hall–Kier alpha value is -3.43. The smallest absolute Gasteiger partial charge is 0.264 e. The number of hydrogen-bond donors (Lipinski definition) is 1. The van der Waals surface area contributed by atoms with Gasteiger partial charge in [-0.05, 0) is 38.1 Å². The molecule has 186 valence electrons. The molecule has 0 aromatic heterocycles. The quantitative estimate of drug-likeness (QED) is 0.410. The van der Waals surface area contributed by atoms with Crippen molar-refractivity contribution in [3.05, 3.63) is 71.2 Å². The number of ether oxygens (including phenoxy) is 3. The second kappa shape index (κ2) is 11.3. The molecule has 10 heteroatoms. The van der Waals surface area contributed by atoms with Crippen LogP contribution in [0, 0.1) is 6.92 Å². The van der Waals surface area contributed by atoms with Gasteiger partial charge in [0.2, 0.25) is 5.91 Å². The van der Waals surface area contributed by atoms with Gasteiger partial charge in [0.15, 0.2) is 0 Å². The molecular weight excluding hydrogens is 492 g/mol. The number of amides is 1. The monoisotopic (exact) mass is 518 g/mol. The standard InChI is InChI=1S/C25H27ClN2O6S/c1-5-34-22-9-7-6-8-21(22)28(35(30,31)18-12-10-17(2)11-13-18)16-25(29)27-20-15-23(32-3)19(26)14-24(20)33-4/h6-15H,5,16H2,1-4H3,(H,27,29). The number of nitrogens with zero attached hydrogens (tertiary/aromatic N) is 1. The Kier molecular flexibility index (Phi) is 8.48. The molecule has 35 heavy (non-hydrogen) atoms. The molecule has 1 N–H and O–H groups in total. The van der Waals surface area contributed by atoms with Crippen molar-refractivity contribution in [2.75, 3.05) is 37.0 Å². The lowest BCUT2D eigenvalue weighted by molar-refractivity contribution is -0.114. The Morgan fingerprint density at radius 2 is 1.63 bits per heavy atom. The zero-order valence-electron chi connectivity index (χ0n) is 19.9. The maximum absolute atomic E-state index is 13.7. The molecule has 0 unspecified atom stereocenters. The normalized spacial score (nSPS) is 11.0. The van der Waals surface area contributed by atoms with Gasteiger partial charge in [-0.1, -0.05) is 41.4 Å². The topological polar surface area (TPSA) is 94.2 Å². The molecule has 0 bridgehead atoms. The highest BCUT2D eigenvalue weighted by Gasteiger charge is 2.30. The van der Waals surface area contributed by atoms with Crippen LogP contribution in [0.25, 0.3) is 0 Å². The molecule has 1 amide bonds. The molecule has 0 spiro atoms. The van der Waals surface area contributed by atoms with Crippen LogP contribution in [0.15, 0.2) is 65.6 Å². The second-order valence-corrected chi connectivity index (χ2v) is 9.73. The number of anilines is 2. The van der Waals surface area contributed by atoms with E-state index >= 15 is 0 Å². The van der Waals surface area contributed by atoms with Gasteiger partial charge in [-0.2, -0.15) is 0 Å². The van der Waals surface area contributed by atoms with Crippen LogP contribution in [0.4, 0.5) is 11.4 Å². The molecule has 0 aliphatic heterocycles. The summed E-state index contributed by atoms with van der Waals surface area (Å²) in [7, 11) is -1.24. The summed E-state index contributed by atoms with van der Waals surface area (Å²) in [4.78, 5) is 13.2. The van der Waals surface area contributed by atoms with Crippen molar-refractivity contribution in [2.45, 2.75) is 18.7 Å². The summed E-state index contributed by atoms with van der Waals surface area (Å²) in [5.74, 6) is 0.360. The molecule has 3 aromatic rings. The number of methoxy groups -OCH3 is 2. The van der Waals surface area contributed by atoms with Crippen LogP contribution < -0.4 is 23.8 Å². The van der Waals surface area contributed by atoms with Crippen LogP contribution in [0.2, 0.25) is 5.02 Å². The highest BCUT2D eigenvalue weighted by Crippen LogP contribution is 2.36. The number of hydrogen-bond acceptors (Lipinski definition) is 6. The molecule has 0 aliphatic carbocycles. The zero-order chi connectivity index (χ0) is 25.6. The first-order valence-electron chi connectivity index (χ1n) is 10.7. The van der Waals surface area contributed by atoms with Crippen molar-refractivity contribution in [3.63, 3.8) is 0 Å². The number of rotatable bonds is 10. The second-order valence-electron chi connectivity index (χ2n) is 7.46. The number of sulfonamides is 1. The Morgan fingerprint density at radius 3 is 2.26 bits per heavy atom. The molecule has 3 rings (SSSR count). The maximum atomic E-state index is 13.7. The fourth-order valence-electron chi connectivity index (χ4n) is 3.36. The molecule has 0 aliphatic rings. The fourth-order valence-corrected chi connectivity index (χ4v) is 5.02. The largest absolute Gasteiger partial charge is 0.495 e. The minimum absolute atomic E-state index is 0.0490. The van der Waals surface area contributed by atoms with Crippen molar-refractivity contribution in [1.82, 2.24) is 0 Å². The summed E-state index contributed by atoms with van der Waals surface area (Å²) >= 11 is 6.15. The lowest BCUT2D eigenvalue weighted by Gasteiger charge is -2.26. The van der Waals surface area contributed by atoms with E-state index in [1.54, 1.807) is 43.3 Å². The molecule has 0 heterocycles. The highest BCUT2D eigenvalue weighted by molar-refractivity contribution is 7.92. The van der Waals surface area contributed by atoms with Gasteiger partial charge < -0.3 is 19.5 Å². The van der Waals surface area contributed by atoms with E-state index in [1.807, 2.05) is 6.92 Å². The minimum atomic E-state index is -4.12. The van der Waals surface area contributed by atoms with Gasteiger partial charge in [0, 0.05) is 12.1 Å². The van der Waals surface area contributed by atoms with Gasteiger partial charge >= 0.3 is 0 Å². The number of carbonyl (C=O) groups is 1. The van der Waals surface area contributed by atoms with Crippen LogP contribution in [-0.4, -0.2) is 41.7 Å². The number of aryl methyl sites for hydroxylation is 1. The highest BCUT2D eigenvalue weighted by atomic mass is 35.5. The summed E-state index contributed by atoms with van der Waals surface area (Å²) in [5.41, 5.74) is 1.43. The number of halogens is 1. The lowest BCUT2D eigenvalue weighted by atomic mass is 10.2. The fraction of sp³-hybridized carbons (Fsp3) is 0.240. The first kappa shape index (κ1) is 26.2. The Labute approximate surface area is 210 Å². The summed E-state index contributed by atoms with van der Waals surface area (Å²) < 4.78 is 44.6. The van der Waals surface area contributed by atoms with Crippen molar-refractivity contribution in [3.8, 4) is 17.2 Å². The van der Waals surface area contributed by atoms with E-state index in [4.69, 9.17) is 25.8 Å². The molecule has 0 radical (unpaired) electrons. The molecule has 0 saturated carbocycles. The average Bonchev–Trinajstić information content (AvgIpc) is 2.84. The molecular formula is C25H27ClN2O6S. The summed E-state index contributed by atoms with van der Waals surface area (Å²) in [6.45, 7) is 3.46. The van der Waals surface area contributed by atoms with E-state index in [0.717, 1.165) is 9.87 Å². The van der Waals surface area contributed by atoms with E-state index in [9.17, 15) is 13.2 Å². The molecule has 3 aromatic carbocycles. The van der Waals surface area contributed by atoms with Crippen LogP contribution >= 0.6 is 11.6 Å². The Bertz CT molecular complexity index is 1300.